The van der Waals surface area contributed by atoms with Crippen molar-refractivity contribution in [1.82, 2.24) is 9.29 Å². The maximum Gasteiger partial charge on any atom is 0.419 e. The lowest BCUT2D eigenvalue weighted by molar-refractivity contribution is -0.135. The highest BCUT2D eigenvalue weighted by atomic mass is 32.2. The van der Waals surface area contributed by atoms with Gasteiger partial charge in [0.2, 0.25) is 10.0 Å². The number of aromatic nitrogens is 1. The van der Waals surface area contributed by atoms with Crippen LogP contribution >= 0.6 is 0 Å². The molecular formula is C11H12N2O6S. The Balaban J connectivity index is 2.47. The fraction of sp³-hybridized carbons (Fsp3) is 0.273. The van der Waals surface area contributed by atoms with Crippen LogP contribution in [0.2, 0.25) is 0 Å². The highest BCUT2D eigenvalue weighted by Gasteiger charge is 2.18. The third-order valence-electron chi connectivity index (χ3n) is 2.68. The Morgan fingerprint density at radius 2 is 2.15 bits per heavy atom. The molecule has 0 saturated heterocycles. The van der Waals surface area contributed by atoms with Gasteiger partial charge in [-0.25, -0.2) is 13.2 Å². The number of benzene rings is 1. The van der Waals surface area contributed by atoms with Crippen LogP contribution in [-0.2, 0) is 21.4 Å². The van der Waals surface area contributed by atoms with Gasteiger partial charge in [-0.2, -0.15) is 4.72 Å². The Morgan fingerprint density at radius 3 is 2.75 bits per heavy atom. The molecule has 0 unspecified atom stereocenters. The van der Waals surface area contributed by atoms with Crippen molar-refractivity contribution in [3.05, 3.63) is 28.7 Å². The Labute approximate surface area is 113 Å². The number of aryl methyl sites for hydroxylation is 1. The third kappa shape index (κ3) is 2.58. The predicted molar refractivity (Wildman–Crippen MR) is 69.0 cm³/mol. The van der Waals surface area contributed by atoms with Gasteiger partial charge < -0.3 is 9.52 Å². The second kappa shape index (κ2) is 5.10. The second-order valence-electron chi connectivity index (χ2n) is 3.96. The first-order valence-electron chi connectivity index (χ1n) is 5.70. The SMILES string of the molecule is CCn1c(=O)oc2cc(S(=O)(=O)NCC(=O)O)ccc21. The van der Waals surface area contributed by atoms with Crippen molar-refractivity contribution < 1.29 is 22.7 Å². The van der Waals surface area contributed by atoms with Crippen LogP contribution in [0.4, 0.5) is 0 Å². The van der Waals surface area contributed by atoms with E-state index < -0.39 is 28.3 Å². The summed E-state index contributed by atoms with van der Waals surface area (Å²) in [6.45, 7) is 1.44. The van der Waals surface area contributed by atoms with Crippen LogP contribution in [0.15, 0.2) is 32.3 Å². The molecule has 0 amide bonds. The number of fused-ring (bicyclic) bond motifs is 1. The highest BCUT2D eigenvalue weighted by molar-refractivity contribution is 7.89. The fourth-order valence-electron chi connectivity index (χ4n) is 1.75. The first kappa shape index (κ1) is 14.3. The average Bonchev–Trinajstić information content (AvgIpc) is 2.70. The van der Waals surface area contributed by atoms with Gasteiger partial charge in [-0.1, -0.05) is 0 Å². The number of hydrogen-bond donors (Lipinski definition) is 2. The summed E-state index contributed by atoms with van der Waals surface area (Å²) in [5, 5.41) is 8.48. The van der Waals surface area contributed by atoms with E-state index in [1.54, 1.807) is 6.92 Å². The molecule has 108 valence electrons. The van der Waals surface area contributed by atoms with Gasteiger partial charge in [0.25, 0.3) is 0 Å². The maximum atomic E-state index is 11.8. The minimum Gasteiger partial charge on any atom is -0.480 e. The molecule has 0 bridgehead atoms. The Morgan fingerprint density at radius 1 is 1.45 bits per heavy atom. The molecule has 1 aromatic carbocycles. The normalized spacial score (nSPS) is 11.8. The summed E-state index contributed by atoms with van der Waals surface area (Å²) in [7, 11) is -3.96. The molecule has 20 heavy (non-hydrogen) atoms. The minimum atomic E-state index is -3.96. The van der Waals surface area contributed by atoms with Crippen molar-refractivity contribution in [2.45, 2.75) is 18.4 Å². The Hall–Kier alpha value is -2.13. The largest absolute Gasteiger partial charge is 0.480 e. The fourth-order valence-corrected chi connectivity index (χ4v) is 2.74. The van der Waals surface area contributed by atoms with Crippen LogP contribution in [0.1, 0.15) is 6.92 Å². The van der Waals surface area contributed by atoms with Crippen LogP contribution in [0.3, 0.4) is 0 Å². The van der Waals surface area contributed by atoms with Gasteiger partial charge in [0.05, 0.1) is 10.4 Å². The third-order valence-corrected chi connectivity index (χ3v) is 4.08. The van der Waals surface area contributed by atoms with Crippen molar-refractivity contribution >= 4 is 27.1 Å². The Kier molecular flexibility index (Phi) is 3.64. The molecule has 0 radical (unpaired) electrons. The lowest BCUT2D eigenvalue weighted by Crippen LogP contribution is -2.29. The summed E-state index contributed by atoms with van der Waals surface area (Å²) < 4.78 is 31.9. The number of carbonyl (C=O) groups is 1. The minimum absolute atomic E-state index is 0.134. The quantitative estimate of drug-likeness (QED) is 0.801. The number of rotatable bonds is 5. The molecule has 2 aromatic rings. The van der Waals surface area contributed by atoms with Crippen molar-refractivity contribution in [1.29, 1.82) is 0 Å². The summed E-state index contributed by atoms with van der Waals surface area (Å²) >= 11 is 0. The van der Waals surface area contributed by atoms with E-state index in [-0.39, 0.29) is 10.5 Å². The predicted octanol–water partition coefficient (Wildman–Crippen LogP) is -0.0227. The van der Waals surface area contributed by atoms with Gasteiger partial charge in [-0.3, -0.25) is 9.36 Å². The summed E-state index contributed by atoms with van der Waals surface area (Å²) in [4.78, 5) is 21.7. The first-order chi connectivity index (χ1) is 9.35. The van der Waals surface area contributed by atoms with Crippen LogP contribution in [0.25, 0.3) is 11.1 Å². The van der Waals surface area contributed by atoms with Crippen molar-refractivity contribution in [3.63, 3.8) is 0 Å². The van der Waals surface area contributed by atoms with E-state index in [0.717, 1.165) is 0 Å². The molecule has 0 aliphatic heterocycles. The molecule has 0 aliphatic carbocycles. The average molecular weight is 300 g/mol. The molecule has 2 N–H and O–H groups in total. The van der Waals surface area contributed by atoms with E-state index in [4.69, 9.17) is 9.52 Å². The molecule has 9 heteroatoms. The van der Waals surface area contributed by atoms with Crippen molar-refractivity contribution in [2.24, 2.45) is 0 Å². The topological polar surface area (TPSA) is 119 Å². The van der Waals surface area contributed by atoms with E-state index in [1.807, 2.05) is 4.72 Å². The van der Waals surface area contributed by atoms with E-state index in [0.29, 0.717) is 12.1 Å². The molecule has 0 aliphatic rings. The lowest BCUT2D eigenvalue weighted by Gasteiger charge is -2.04. The van der Waals surface area contributed by atoms with Crippen molar-refractivity contribution in [3.8, 4) is 0 Å². The van der Waals surface area contributed by atoms with Crippen LogP contribution < -0.4 is 10.5 Å². The zero-order valence-corrected chi connectivity index (χ0v) is 11.3. The molecule has 0 fully saturated rings. The zero-order chi connectivity index (χ0) is 14.9. The van der Waals surface area contributed by atoms with E-state index in [2.05, 4.69) is 0 Å². The highest BCUT2D eigenvalue weighted by Crippen LogP contribution is 2.18. The van der Waals surface area contributed by atoms with Gasteiger partial charge in [0.1, 0.15) is 6.54 Å². The first-order valence-corrected chi connectivity index (χ1v) is 7.18. The number of carboxylic acids is 1. The number of carboxylic acid groups (broad SMARTS) is 1. The second-order valence-corrected chi connectivity index (χ2v) is 5.73. The van der Waals surface area contributed by atoms with E-state index in [9.17, 15) is 18.0 Å². The number of sulfonamides is 1. The monoisotopic (exact) mass is 300 g/mol. The molecule has 1 heterocycles. The zero-order valence-electron chi connectivity index (χ0n) is 10.5. The molecule has 0 atom stereocenters. The van der Waals surface area contributed by atoms with Gasteiger partial charge in [-0.05, 0) is 19.1 Å². The summed E-state index contributed by atoms with van der Waals surface area (Å²) in [5.74, 6) is -1.87. The number of oxazole rings is 1. The van der Waals surface area contributed by atoms with Gasteiger partial charge >= 0.3 is 11.7 Å². The molecule has 2 rings (SSSR count). The maximum absolute atomic E-state index is 11.8. The molecular weight excluding hydrogens is 288 g/mol. The van der Waals surface area contributed by atoms with Crippen molar-refractivity contribution in [2.75, 3.05) is 6.54 Å². The number of hydrogen-bond acceptors (Lipinski definition) is 5. The molecule has 8 nitrogen and oxygen atoms in total. The summed E-state index contributed by atoms with van der Waals surface area (Å²) in [6.07, 6.45) is 0. The molecule has 1 aromatic heterocycles. The number of nitrogens with zero attached hydrogens (tertiary/aromatic N) is 1. The van der Waals surface area contributed by atoms with E-state index in [1.165, 1.54) is 22.8 Å². The van der Waals surface area contributed by atoms with Crippen LogP contribution in [0.5, 0.6) is 0 Å². The number of aliphatic carboxylic acids is 1. The molecule has 0 spiro atoms. The van der Waals surface area contributed by atoms with Crippen LogP contribution in [-0.4, -0.2) is 30.6 Å². The van der Waals surface area contributed by atoms with Gasteiger partial charge in [0.15, 0.2) is 5.58 Å². The molecule has 0 saturated carbocycles. The lowest BCUT2D eigenvalue weighted by atomic mass is 10.3. The van der Waals surface area contributed by atoms with E-state index >= 15 is 0 Å². The Bertz CT molecular complexity index is 817. The van der Waals surface area contributed by atoms with Gasteiger partial charge in [0, 0.05) is 12.6 Å². The smallest absolute Gasteiger partial charge is 0.419 e. The van der Waals surface area contributed by atoms with Crippen LogP contribution in [0, 0.1) is 0 Å². The standard InChI is InChI=1S/C11H12N2O6S/c1-2-13-8-4-3-7(5-9(8)19-11(13)16)20(17,18)12-6-10(14)15/h3-5,12H,2,6H2,1H3,(H,14,15). The summed E-state index contributed by atoms with van der Waals surface area (Å²) in [5.41, 5.74) is 0.615. The number of nitrogens with one attached hydrogen (secondary N) is 1. The summed E-state index contributed by atoms with van der Waals surface area (Å²) in [6, 6.07) is 3.92. The van der Waals surface area contributed by atoms with Gasteiger partial charge in [-0.15, -0.1) is 0 Å².